The molecule has 19 heavy (non-hydrogen) atoms. The molecule has 2 N–H and O–H groups in total. The van der Waals surface area contributed by atoms with Crippen LogP contribution in [0.3, 0.4) is 0 Å². The second kappa shape index (κ2) is 5.82. The summed E-state index contributed by atoms with van der Waals surface area (Å²) in [5, 5.41) is 11.5. The van der Waals surface area contributed by atoms with Crippen molar-refractivity contribution < 1.29 is 14.3 Å². The average Bonchev–Trinajstić information content (AvgIpc) is 2.43. The van der Waals surface area contributed by atoms with Crippen LogP contribution < -0.4 is 5.32 Å². The number of aliphatic hydroxyl groups excluding tert-OH is 1. The van der Waals surface area contributed by atoms with Gasteiger partial charge in [-0.3, -0.25) is 4.79 Å². The van der Waals surface area contributed by atoms with Crippen LogP contribution in [0.5, 0.6) is 0 Å². The van der Waals surface area contributed by atoms with E-state index >= 15 is 0 Å². The Kier molecular flexibility index (Phi) is 4.14. The summed E-state index contributed by atoms with van der Waals surface area (Å²) in [5.74, 6) is -0.862. The van der Waals surface area contributed by atoms with Gasteiger partial charge in [-0.1, -0.05) is 23.7 Å². The number of aliphatic hydroxyl groups is 1. The van der Waals surface area contributed by atoms with Crippen molar-refractivity contribution in [2.45, 2.75) is 6.61 Å². The van der Waals surface area contributed by atoms with Gasteiger partial charge >= 0.3 is 0 Å². The molecule has 0 saturated carbocycles. The summed E-state index contributed by atoms with van der Waals surface area (Å²) in [5.41, 5.74) is 1.58. The number of hydrogen-bond donors (Lipinski definition) is 2. The summed E-state index contributed by atoms with van der Waals surface area (Å²) in [6.45, 7) is -0.0739. The zero-order chi connectivity index (χ0) is 13.8. The maximum Gasteiger partial charge on any atom is 0.255 e. The molecular formula is C14H11ClFNO2. The Morgan fingerprint density at radius 3 is 2.47 bits per heavy atom. The Labute approximate surface area is 114 Å². The van der Waals surface area contributed by atoms with Gasteiger partial charge in [-0.05, 0) is 35.9 Å². The predicted molar refractivity (Wildman–Crippen MR) is 71.7 cm³/mol. The summed E-state index contributed by atoms with van der Waals surface area (Å²) in [4.78, 5) is 11.9. The van der Waals surface area contributed by atoms with Gasteiger partial charge in [0.05, 0.1) is 11.6 Å². The standard InChI is InChI=1S/C14H11ClFNO2/c15-12-7-11(5-6-13(12)16)17-14(19)10-3-1-9(8-18)2-4-10/h1-7,18H,8H2,(H,17,19). The van der Waals surface area contributed by atoms with E-state index in [2.05, 4.69) is 5.32 Å². The van der Waals surface area contributed by atoms with E-state index in [0.717, 1.165) is 5.56 Å². The highest BCUT2D eigenvalue weighted by Gasteiger charge is 2.07. The average molecular weight is 280 g/mol. The number of carbonyl (C=O) groups excluding carboxylic acids is 1. The minimum absolute atomic E-state index is 0.0478. The molecule has 0 bridgehead atoms. The Morgan fingerprint density at radius 2 is 1.89 bits per heavy atom. The lowest BCUT2D eigenvalue weighted by atomic mass is 10.1. The lowest BCUT2D eigenvalue weighted by Gasteiger charge is -2.06. The number of hydrogen-bond acceptors (Lipinski definition) is 2. The van der Waals surface area contributed by atoms with Crippen molar-refractivity contribution in [2.75, 3.05) is 5.32 Å². The van der Waals surface area contributed by atoms with Gasteiger partial charge in [0, 0.05) is 11.3 Å². The first-order valence-corrected chi connectivity index (χ1v) is 5.94. The molecule has 0 spiro atoms. The van der Waals surface area contributed by atoms with Crippen LogP contribution in [-0.4, -0.2) is 11.0 Å². The number of rotatable bonds is 3. The Bertz CT molecular complexity index is 599. The maximum atomic E-state index is 13.0. The molecule has 0 saturated heterocycles. The SMILES string of the molecule is O=C(Nc1ccc(F)c(Cl)c1)c1ccc(CO)cc1. The molecule has 5 heteroatoms. The molecule has 2 rings (SSSR count). The lowest BCUT2D eigenvalue weighted by molar-refractivity contribution is 0.102. The molecule has 98 valence electrons. The van der Waals surface area contributed by atoms with Gasteiger partial charge in [0.25, 0.3) is 5.91 Å². The summed E-state index contributed by atoms with van der Waals surface area (Å²) in [6, 6.07) is 10.5. The van der Waals surface area contributed by atoms with E-state index in [1.807, 2.05) is 0 Å². The van der Waals surface area contributed by atoms with Gasteiger partial charge in [0.1, 0.15) is 5.82 Å². The van der Waals surface area contributed by atoms with Crippen LogP contribution >= 0.6 is 11.6 Å². The fourth-order valence-corrected chi connectivity index (χ4v) is 1.72. The molecule has 2 aromatic rings. The lowest BCUT2D eigenvalue weighted by Crippen LogP contribution is -2.11. The number of anilines is 1. The number of carbonyl (C=O) groups is 1. The Morgan fingerprint density at radius 1 is 1.21 bits per heavy atom. The zero-order valence-electron chi connectivity index (χ0n) is 9.86. The van der Waals surface area contributed by atoms with Gasteiger partial charge < -0.3 is 10.4 Å². The number of benzene rings is 2. The monoisotopic (exact) mass is 279 g/mol. The number of halogens is 2. The van der Waals surface area contributed by atoms with Gasteiger partial charge in [0.15, 0.2) is 0 Å². The smallest absolute Gasteiger partial charge is 0.255 e. The van der Waals surface area contributed by atoms with E-state index in [4.69, 9.17) is 16.7 Å². The van der Waals surface area contributed by atoms with Crippen molar-refractivity contribution in [3.05, 3.63) is 64.4 Å². The minimum atomic E-state index is -0.535. The zero-order valence-corrected chi connectivity index (χ0v) is 10.6. The fraction of sp³-hybridized carbons (Fsp3) is 0.0714. The Hall–Kier alpha value is -1.91. The van der Waals surface area contributed by atoms with Gasteiger partial charge in [0.2, 0.25) is 0 Å². The maximum absolute atomic E-state index is 13.0. The molecule has 0 unspecified atom stereocenters. The van der Waals surface area contributed by atoms with E-state index in [1.165, 1.54) is 18.2 Å². The van der Waals surface area contributed by atoms with Crippen molar-refractivity contribution in [3.63, 3.8) is 0 Å². The highest BCUT2D eigenvalue weighted by atomic mass is 35.5. The summed E-state index contributed by atoms with van der Waals surface area (Å²) in [6.07, 6.45) is 0. The third kappa shape index (κ3) is 3.30. The molecule has 2 aromatic carbocycles. The molecule has 0 aliphatic heterocycles. The molecule has 1 amide bonds. The van der Waals surface area contributed by atoms with Crippen molar-refractivity contribution in [2.24, 2.45) is 0 Å². The first kappa shape index (κ1) is 13.5. The third-order valence-corrected chi connectivity index (χ3v) is 2.87. The van der Waals surface area contributed by atoms with Crippen LogP contribution in [0.25, 0.3) is 0 Å². The summed E-state index contributed by atoms with van der Waals surface area (Å²) >= 11 is 5.63. The quantitative estimate of drug-likeness (QED) is 0.906. The van der Waals surface area contributed by atoms with Crippen LogP contribution in [0, 0.1) is 5.82 Å². The summed E-state index contributed by atoms with van der Waals surface area (Å²) < 4.78 is 13.0. The van der Waals surface area contributed by atoms with Gasteiger partial charge in [-0.25, -0.2) is 4.39 Å². The second-order valence-electron chi connectivity index (χ2n) is 3.94. The normalized spacial score (nSPS) is 10.3. The summed E-state index contributed by atoms with van der Waals surface area (Å²) in [7, 11) is 0. The Balaban J connectivity index is 2.13. The second-order valence-corrected chi connectivity index (χ2v) is 4.35. The fourth-order valence-electron chi connectivity index (χ4n) is 1.54. The minimum Gasteiger partial charge on any atom is -0.392 e. The van der Waals surface area contributed by atoms with Crippen molar-refractivity contribution in [3.8, 4) is 0 Å². The third-order valence-electron chi connectivity index (χ3n) is 2.58. The first-order chi connectivity index (χ1) is 9.10. The molecule has 0 radical (unpaired) electrons. The topological polar surface area (TPSA) is 49.3 Å². The highest BCUT2D eigenvalue weighted by Crippen LogP contribution is 2.20. The van der Waals surface area contributed by atoms with Crippen LogP contribution in [0.2, 0.25) is 5.02 Å². The van der Waals surface area contributed by atoms with E-state index < -0.39 is 5.82 Å². The molecule has 0 fully saturated rings. The van der Waals surface area contributed by atoms with Gasteiger partial charge in [-0.15, -0.1) is 0 Å². The molecule has 0 heterocycles. The number of nitrogens with one attached hydrogen (secondary N) is 1. The number of amides is 1. The van der Waals surface area contributed by atoms with Crippen LogP contribution in [0.4, 0.5) is 10.1 Å². The van der Waals surface area contributed by atoms with Gasteiger partial charge in [-0.2, -0.15) is 0 Å². The van der Waals surface area contributed by atoms with E-state index in [0.29, 0.717) is 11.3 Å². The van der Waals surface area contributed by atoms with E-state index in [9.17, 15) is 9.18 Å². The predicted octanol–water partition coefficient (Wildman–Crippen LogP) is 3.22. The van der Waals surface area contributed by atoms with Crippen LogP contribution in [0.1, 0.15) is 15.9 Å². The van der Waals surface area contributed by atoms with Crippen molar-refractivity contribution in [1.29, 1.82) is 0 Å². The van der Waals surface area contributed by atoms with Crippen molar-refractivity contribution in [1.82, 2.24) is 0 Å². The van der Waals surface area contributed by atoms with E-state index in [1.54, 1.807) is 24.3 Å². The largest absolute Gasteiger partial charge is 0.392 e. The molecule has 0 aliphatic rings. The first-order valence-electron chi connectivity index (χ1n) is 5.56. The molecule has 0 atom stereocenters. The molecular weight excluding hydrogens is 269 g/mol. The van der Waals surface area contributed by atoms with Crippen LogP contribution in [0.15, 0.2) is 42.5 Å². The highest BCUT2D eigenvalue weighted by molar-refractivity contribution is 6.31. The van der Waals surface area contributed by atoms with E-state index in [-0.39, 0.29) is 17.5 Å². The molecule has 0 aliphatic carbocycles. The molecule has 0 aromatic heterocycles. The molecule has 3 nitrogen and oxygen atoms in total. The van der Waals surface area contributed by atoms with Crippen LogP contribution in [-0.2, 0) is 6.61 Å². The van der Waals surface area contributed by atoms with Crippen molar-refractivity contribution >= 4 is 23.2 Å².